The summed E-state index contributed by atoms with van der Waals surface area (Å²) in [5.74, 6) is 0.271. The van der Waals surface area contributed by atoms with Gasteiger partial charge in [-0.3, -0.25) is 9.78 Å². The van der Waals surface area contributed by atoms with Crippen molar-refractivity contribution in [3.05, 3.63) is 35.7 Å². The summed E-state index contributed by atoms with van der Waals surface area (Å²) >= 11 is 0. The normalized spacial score (nSPS) is 13.7. The van der Waals surface area contributed by atoms with E-state index in [2.05, 4.69) is 46.4 Å². The fraction of sp³-hybridized carbons (Fsp3) is 0.550. The van der Waals surface area contributed by atoms with Gasteiger partial charge in [-0.05, 0) is 31.4 Å². The number of nitrogens with two attached hydrogens (primary N) is 1. The van der Waals surface area contributed by atoms with Crippen LogP contribution in [0.5, 0.6) is 0 Å². The Morgan fingerprint density at radius 3 is 2.67 bits per heavy atom. The molecule has 0 aliphatic rings. The first-order valence-corrected chi connectivity index (χ1v) is 9.43. The zero-order chi connectivity index (χ0) is 20.4. The van der Waals surface area contributed by atoms with E-state index >= 15 is 0 Å². The number of amides is 1. The van der Waals surface area contributed by atoms with Crippen LogP contribution in [0.3, 0.4) is 0 Å². The van der Waals surface area contributed by atoms with E-state index in [0.717, 1.165) is 41.8 Å². The van der Waals surface area contributed by atoms with Crippen molar-refractivity contribution in [3.8, 4) is 0 Å². The minimum absolute atomic E-state index is 0.0650. The van der Waals surface area contributed by atoms with Crippen LogP contribution < -0.4 is 21.7 Å². The molecule has 1 heterocycles. The van der Waals surface area contributed by atoms with Crippen molar-refractivity contribution in [3.63, 3.8) is 0 Å². The fourth-order valence-electron chi connectivity index (χ4n) is 2.61. The highest BCUT2D eigenvalue weighted by molar-refractivity contribution is 5.81. The molecule has 7 nitrogen and oxygen atoms in total. The van der Waals surface area contributed by atoms with Crippen LogP contribution in [0.1, 0.15) is 51.8 Å². The predicted octanol–water partition coefficient (Wildman–Crippen LogP) is 2.15. The van der Waals surface area contributed by atoms with Crippen LogP contribution in [0, 0.1) is 0 Å². The zero-order valence-electron chi connectivity index (χ0n) is 17.3. The average molecular weight is 375 g/mol. The minimum atomic E-state index is -0.442. The third-order valence-electron chi connectivity index (χ3n) is 4.58. The molecule has 0 spiro atoms. The number of guanidine groups is 1. The van der Waals surface area contributed by atoms with Crippen LogP contribution in [-0.2, 0) is 17.8 Å². The fourth-order valence-corrected chi connectivity index (χ4v) is 2.61. The van der Waals surface area contributed by atoms with Gasteiger partial charge in [0.15, 0.2) is 5.96 Å². The summed E-state index contributed by atoms with van der Waals surface area (Å²) in [5.41, 5.74) is 9.07. The first-order chi connectivity index (χ1) is 12.8. The highest BCUT2D eigenvalue weighted by atomic mass is 16.1. The van der Waals surface area contributed by atoms with Crippen LogP contribution in [0.15, 0.2) is 29.4 Å². The Labute approximate surface area is 162 Å². The van der Waals surface area contributed by atoms with E-state index in [4.69, 9.17) is 5.73 Å². The summed E-state index contributed by atoms with van der Waals surface area (Å²) < 4.78 is 0. The number of aromatic nitrogens is 1. The molecular formula is C20H34N6O. The second kappa shape index (κ2) is 10.7. The molecule has 1 amide bonds. The number of nitrogens with one attached hydrogen (secondary N) is 3. The van der Waals surface area contributed by atoms with Crippen molar-refractivity contribution in [1.82, 2.24) is 20.9 Å². The molecule has 0 aromatic carbocycles. The molecule has 1 atom stereocenters. The maximum absolute atomic E-state index is 11.4. The second-order valence-electron chi connectivity index (χ2n) is 6.86. The van der Waals surface area contributed by atoms with Gasteiger partial charge in [-0.2, -0.15) is 0 Å². The second-order valence-corrected chi connectivity index (χ2v) is 6.86. The number of aliphatic imine (C=N–C) groups is 1. The van der Waals surface area contributed by atoms with Gasteiger partial charge in [-0.15, -0.1) is 0 Å². The van der Waals surface area contributed by atoms with Gasteiger partial charge in [-0.25, -0.2) is 4.99 Å². The Balaban J connectivity index is 3.08. The molecule has 0 saturated carbocycles. The van der Waals surface area contributed by atoms with E-state index in [1.54, 1.807) is 7.05 Å². The summed E-state index contributed by atoms with van der Waals surface area (Å²) in [6, 6.07) is 2.00. The van der Waals surface area contributed by atoms with Gasteiger partial charge < -0.3 is 21.7 Å². The SMILES string of the molecule is C=C(CCC)[C@](C)(CNC(C)=O)NCc1ncc(CC)cc1/N=C(/N)NC. The third-order valence-corrected chi connectivity index (χ3v) is 4.58. The van der Waals surface area contributed by atoms with Gasteiger partial charge in [0.1, 0.15) is 0 Å². The summed E-state index contributed by atoms with van der Waals surface area (Å²) in [6.07, 6.45) is 4.60. The Hall–Kier alpha value is -2.41. The van der Waals surface area contributed by atoms with E-state index in [-0.39, 0.29) is 5.91 Å². The van der Waals surface area contributed by atoms with Crippen molar-refractivity contribution in [2.45, 2.75) is 59.0 Å². The first-order valence-electron chi connectivity index (χ1n) is 9.43. The van der Waals surface area contributed by atoms with Gasteiger partial charge in [-0.1, -0.05) is 32.4 Å². The molecule has 150 valence electrons. The Morgan fingerprint density at radius 1 is 1.41 bits per heavy atom. The topological polar surface area (TPSA) is 104 Å². The van der Waals surface area contributed by atoms with Gasteiger partial charge in [0.05, 0.1) is 16.9 Å². The van der Waals surface area contributed by atoms with Crippen LogP contribution in [0.4, 0.5) is 5.69 Å². The smallest absolute Gasteiger partial charge is 0.216 e. The van der Waals surface area contributed by atoms with Crippen molar-refractivity contribution in [2.75, 3.05) is 13.6 Å². The van der Waals surface area contributed by atoms with E-state index in [1.807, 2.05) is 19.2 Å². The van der Waals surface area contributed by atoms with E-state index in [1.165, 1.54) is 6.92 Å². The van der Waals surface area contributed by atoms with Gasteiger partial charge in [0.2, 0.25) is 5.91 Å². The molecule has 1 rings (SSSR count). The van der Waals surface area contributed by atoms with E-state index in [0.29, 0.717) is 19.0 Å². The number of hydrogen-bond acceptors (Lipinski definition) is 4. The minimum Gasteiger partial charge on any atom is -0.370 e. The largest absolute Gasteiger partial charge is 0.370 e. The summed E-state index contributed by atoms with van der Waals surface area (Å²) in [5, 5.41) is 9.25. The molecule has 27 heavy (non-hydrogen) atoms. The van der Waals surface area contributed by atoms with Crippen LogP contribution in [-0.4, -0.2) is 36.0 Å². The molecule has 0 saturated heterocycles. The van der Waals surface area contributed by atoms with Crippen LogP contribution in [0.2, 0.25) is 0 Å². The van der Waals surface area contributed by atoms with Gasteiger partial charge in [0, 0.05) is 33.3 Å². The molecular weight excluding hydrogens is 340 g/mol. The van der Waals surface area contributed by atoms with Crippen molar-refractivity contribution >= 4 is 17.6 Å². The average Bonchev–Trinajstić information content (AvgIpc) is 2.65. The lowest BCUT2D eigenvalue weighted by Gasteiger charge is -2.33. The lowest BCUT2D eigenvalue weighted by molar-refractivity contribution is -0.119. The summed E-state index contributed by atoms with van der Waals surface area (Å²) in [4.78, 5) is 20.4. The number of nitrogens with zero attached hydrogens (tertiary/aromatic N) is 2. The highest BCUT2D eigenvalue weighted by Gasteiger charge is 2.27. The number of carbonyl (C=O) groups excluding carboxylic acids is 1. The van der Waals surface area contributed by atoms with Crippen LogP contribution in [0.25, 0.3) is 0 Å². The van der Waals surface area contributed by atoms with E-state index in [9.17, 15) is 4.79 Å². The van der Waals surface area contributed by atoms with E-state index < -0.39 is 5.54 Å². The summed E-state index contributed by atoms with van der Waals surface area (Å²) in [6.45, 7) is 12.9. The van der Waals surface area contributed by atoms with Crippen LogP contribution >= 0.6 is 0 Å². The number of pyridine rings is 1. The predicted molar refractivity (Wildman–Crippen MR) is 112 cm³/mol. The van der Waals surface area contributed by atoms with Crippen molar-refractivity contribution < 1.29 is 4.79 Å². The molecule has 7 heteroatoms. The summed E-state index contributed by atoms with van der Waals surface area (Å²) in [7, 11) is 1.73. The third kappa shape index (κ3) is 7.02. The molecule has 0 radical (unpaired) electrons. The molecule has 0 aliphatic carbocycles. The zero-order valence-corrected chi connectivity index (χ0v) is 17.3. The molecule has 0 unspecified atom stereocenters. The quantitative estimate of drug-likeness (QED) is 0.285. The van der Waals surface area contributed by atoms with Crippen molar-refractivity contribution in [1.29, 1.82) is 0 Å². The molecule has 0 fully saturated rings. The number of hydrogen-bond donors (Lipinski definition) is 4. The maximum Gasteiger partial charge on any atom is 0.216 e. The molecule has 0 bridgehead atoms. The lowest BCUT2D eigenvalue weighted by Crippen LogP contribution is -2.52. The van der Waals surface area contributed by atoms with Gasteiger partial charge >= 0.3 is 0 Å². The Kier molecular flexibility index (Phi) is 8.94. The Morgan fingerprint density at radius 2 is 2.11 bits per heavy atom. The Bertz CT molecular complexity index is 685. The maximum atomic E-state index is 11.4. The lowest BCUT2D eigenvalue weighted by atomic mass is 9.89. The number of aryl methyl sites for hydroxylation is 1. The standard InChI is InChI=1S/C20H34N6O/c1-7-9-14(3)20(5,13-24-15(4)27)25-12-18-17(26-19(21)22-6)10-16(8-2)11-23-18/h10-11,25H,3,7-9,12-13H2,1-2,4-6H3,(H,24,27)(H3,21,22,26)/t20-/m0/s1. The molecule has 0 aliphatic heterocycles. The van der Waals surface area contributed by atoms with Gasteiger partial charge in [0.25, 0.3) is 0 Å². The highest BCUT2D eigenvalue weighted by Crippen LogP contribution is 2.23. The number of carbonyl (C=O) groups is 1. The number of rotatable bonds is 10. The molecule has 5 N–H and O–H groups in total. The first kappa shape index (κ1) is 22.6. The monoisotopic (exact) mass is 374 g/mol. The molecule has 1 aromatic rings. The molecule has 1 aromatic heterocycles. The van der Waals surface area contributed by atoms with Crippen molar-refractivity contribution in [2.24, 2.45) is 10.7 Å².